The summed E-state index contributed by atoms with van der Waals surface area (Å²) in [5.41, 5.74) is 2.77. The molecule has 1 atom stereocenters. The Balaban J connectivity index is 1.70. The molecule has 1 aromatic carbocycles. The zero-order valence-corrected chi connectivity index (χ0v) is 19.2. The zero-order chi connectivity index (χ0) is 22.3. The summed E-state index contributed by atoms with van der Waals surface area (Å²) < 4.78 is 0. The van der Waals surface area contributed by atoms with Crippen molar-refractivity contribution in [1.82, 2.24) is 15.2 Å². The van der Waals surface area contributed by atoms with E-state index in [2.05, 4.69) is 10.3 Å². The van der Waals surface area contributed by atoms with Crippen LogP contribution in [0.15, 0.2) is 66.3 Å². The van der Waals surface area contributed by atoms with Gasteiger partial charge < -0.3 is 10.2 Å². The van der Waals surface area contributed by atoms with E-state index in [0.29, 0.717) is 6.54 Å². The van der Waals surface area contributed by atoms with Crippen molar-refractivity contribution in [3.8, 4) is 0 Å². The number of carbonyl (C=O) groups is 2. The minimum Gasteiger partial charge on any atom is -0.351 e. The molecule has 2 amide bonds. The second-order valence-corrected chi connectivity index (χ2v) is 9.42. The molecule has 1 N–H and O–H groups in total. The molecule has 4 rings (SSSR count). The van der Waals surface area contributed by atoms with E-state index in [-0.39, 0.29) is 24.3 Å². The summed E-state index contributed by atoms with van der Waals surface area (Å²) >= 11 is 1.56. The minimum absolute atomic E-state index is 0.0638. The maximum absolute atomic E-state index is 13.7. The van der Waals surface area contributed by atoms with Crippen LogP contribution in [0.4, 0.5) is 0 Å². The molecule has 0 aliphatic heterocycles. The first-order chi connectivity index (χ1) is 15.6. The summed E-state index contributed by atoms with van der Waals surface area (Å²) in [7, 11) is 0. The Bertz CT molecular complexity index is 1030. The summed E-state index contributed by atoms with van der Waals surface area (Å²) in [6.45, 7) is 2.33. The van der Waals surface area contributed by atoms with Gasteiger partial charge in [-0.1, -0.05) is 49.2 Å². The van der Waals surface area contributed by atoms with Crippen LogP contribution in [0.1, 0.15) is 53.3 Å². The highest BCUT2D eigenvalue weighted by Gasteiger charge is 2.34. The van der Waals surface area contributed by atoms with Crippen LogP contribution >= 0.6 is 11.3 Å². The van der Waals surface area contributed by atoms with Gasteiger partial charge in [0.1, 0.15) is 6.04 Å². The van der Waals surface area contributed by atoms with Crippen molar-refractivity contribution in [2.75, 3.05) is 0 Å². The molecule has 1 aliphatic rings. The molecule has 2 aromatic heterocycles. The predicted molar refractivity (Wildman–Crippen MR) is 127 cm³/mol. The standard InChI is InChI=1S/C26H29N3O2S/c1-19-8-2-5-13-23(19)25(26(31)28-21-10-3-4-11-21)29(18-20-9-6-14-27-17-20)24(30)16-22-12-7-15-32-22/h2,5-9,12-15,17,21,25H,3-4,10-11,16,18H2,1H3,(H,28,31)/t25-/m1/s1. The monoisotopic (exact) mass is 447 g/mol. The van der Waals surface area contributed by atoms with Gasteiger partial charge in [-0.15, -0.1) is 11.3 Å². The minimum atomic E-state index is -0.690. The fraction of sp³-hybridized carbons (Fsp3) is 0.346. The number of benzene rings is 1. The summed E-state index contributed by atoms with van der Waals surface area (Å²) in [4.78, 5) is 34.2. The van der Waals surface area contributed by atoms with E-state index in [4.69, 9.17) is 0 Å². The number of amides is 2. The van der Waals surface area contributed by atoms with Crippen molar-refractivity contribution in [3.63, 3.8) is 0 Å². The highest BCUT2D eigenvalue weighted by molar-refractivity contribution is 7.10. The summed E-state index contributed by atoms with van der Waals surface area (Å²) in [5, 5.41) is 5.21. The topological polar surface area (TPSA) is 62.3 Å². The first-order valence-electron chi connectivity index (χ1n) is 11.2. The molecular weight excluding hydrogens is 418 g/mol. The smallest absolute Gasteiger partial charge is 0.247 e. The van der Waals surface area contributed by atoms with Gasteiger partial charge in [0.2, 0.25) is 11.8 Å². The van der Waals surface area contributed by atoms with E-state index in [1.165, 1.54) is 0 Å². The van der Waals surface area contributed by atoms with Crippen LogP contribution in [0, 0.1) is 6.92 Å². The molecule has 3 aromatic rings. The highest BCUT2D eigenvalue weighted by atomic mass is 32.1. The number of aryl methyl sites for hydroxylation is 1. The maximum Gasteiger partial charge on any atom is 0.247 e. The molecule has 5 nitrogen and oxygen atoms in total. The quantitative estimate of drug-likeness (QED) is 0.538. The van der Waals surface area contributed by atoms with Crippen LogP contribution in [0.2, 0.25) is 0 Å². The average Bonchev–Trinajstić information content (AvgIpc) is 3.50. The number of aromatic nitrogens is 1. The van der Waals surface area contributed by atoms with Gasteiger partial charge in [-0.3, -0.25) is 14.6 Å². The molecule has 0 spiro atoms. The molecule has 1 aliphatic carbocycles. The lowest BCUT2D eigenvalue weighted by Gasteiger charge is -2.33. The Morgan fingerprint density at radius 3 is 2.62 bits per heavy atom. The first kappa shape index (κ1) is 22.2. The maximum atomic E-state index is 13.7. The van der Waals surface area contributed by atoms with Crippen molar-refractivity contribution in [1.29, 1.82) is 0 Å². The Morgan fingerprint density at radius 1 is 1.12 bits per heavy atom. The molecular formula is C26H29N3O2S. The van der Waals surface area contributed by atoms with Gasteiger partial charge in [-0.2, -0.15) is 0 Å². The Morgan fingerprint density at radius 2 is 1.94 bits per heavy atom. The molecule has 0 unspecified atom stereocenters. The number of nitrogens with one attached hydrogen (secondary N) is 1. The van der Waals surface area contributed by atoms with E-state index in [9.17, 15) is 9.59 Å². The van der Waals surface area contributed by atoms with Gasteiger partial charge in [0.25, 0.3) is 0 Å². The lowest BCUT2D eigenvalue weighted by Crippen LogP contribution is -2.46. The number of thiophene rings is 1. The van der Waals surface area contributed by atoms with Gasteiger partial charge in [-0.25, -0.2) is 0 Å². The Kier molecular flexibility index (Phi) is 7.32. The second kappa shape index (κ2) is 10.6. The van der Waals surface area contributed by atoms with Gasteiger partial charge in [0.15, 0.2) is 0 Å². The summed E-state index contributed by atoms with van der Waals surface area (Å²) in [6.07, 6.45) is 8.02. The molecule has 166 valence electrons. The fourth-order valence-corrected chi connectivity index (χ4v) is 5.07. The van der Waals surface area contributed by atoms with Crippen LogP contribution in [-0.4, -0.2) is 27.7 Å². The molecule has 32 heavy (non-hydrogen) atoms. The molecule has 6 heteroatoms. The molecule has 1 saturated carbocycles. The third-order valence-electron chi connectivity index (χ3n) is 6.05. The first-order valence-corrected chi connectivity index (χ1v) is 12.1. The van der Waals surface area contributed by atoms with Crippen molar-refractivity contribution in [2.45, 2.75) is 57.7 Å². The van der Waals surface area contributed by atoms with Crippen molar-refractivity contribution < 1.29 is 9.59 Å². The number of carbonyl (C=O) groups excluding carboxylic acids is 2. The number of hydrogen-bond donors (Lipinski definition) is 1. The van der Waals surface area contributed by atoms with Gasteiger partial charge in [-0.05, 0) is 54.0 Å². The van der Waals surface area contributed by atoms with Gasteiger partial charge in [0.05, 0.1) is 6.42 Å². The predicted octanol–water partition coefficient (Wildman–Crippen LogP) is 4.82. The highest BCUT2D eigenvalue weighted by Crippen LogP contribution is 2.29. The van der Waals surface area contributed by atoms with E-state index in [1.54, 1.807) is 28.6 Å². The zero-order valence-electron chi connectivity index (χ0n) is 18.4. The van der Waals surface area contributed by atoms with E-state index >= 15 is 0 Å². The SMILES string of the molecule is Cc1ccccc1[C@H](C(=O)NC1CCCC1)N(Cc1cccnc1)C(=O)Cc1cccs1. The van der Waals surface area contributed by atoms with Crippen molar-refractivity contribution >= 4 is 23.2 Å². The van der Waals surface area contributed by atoms with Gasteiger partial charge >= 0.3 is 0 Å². The van der Waals surface area contributed by atoms with E-state index in [0.717, 1.165) is 47.3 Å². The van der Waals surface area contributed by atoms with Crippen LogP contribution in [0.3, 0.4) is 0 Å². The average molecular weight is 448 g/mol. The third-order valence-corrected chi connectivity index (χ3v) is 6.92. The Labute approximate surface area is 193 Å². The molecule has 0 saturated heterocycles. The number of pyridine rings is 1. The number of hydrogen-bond acceptors (Lipinski definition) is 4. The molecule has 2 heterocycles. The van der Waals surface area contributed by atoms with E-state index < -0.39 is 6.04 Å². The van der Waals surface area contributed by atoms with Crippen molar-refractivity contribution in [2.24, 2.45) is 0 Å². The van der Waals surface area contributed by atoms with Crippen LogP contribution < -0.4 is 5.32 Å². The second-order valence-electron chi connectivity index (χ2n) is 8.39. The van der Waals surface area contributed by atoms with Crippen LogP contribution in [0.25, 0.3) is 0 Å². The normalized spacial score (nSPS) is 14.8. The lowest BCUT2D eigenvalue weighted by molar-refractivity contribution is -0.141. The third kappa shape index (κ3) is 5.43. The number of rotatable bonds is 8. The fourth-order valence-electron chi connectivity index (χ4n) is 4.37. The number of nitrogens with zero attached hydrogens (tertiary/aromatic N) is 2. The Hall–Kier alpha value is -2.99. The van der Waals surface area contributed by atoms with Gasteiger partial charge in [0, 0.05) is 29.9 Å². The largest absolute Gasteiger partial charge is 0.351 e. The van der Waals surface area contributed by atoms with E-state index in [1.807, 2.05) is 60.8 Å². The molecule has 0 bridgehead atoms. The van der Waals surface area contributed by atoms with Crippen LogP contribution in [0.5, 0.6) is 0 Å². The molecule has 1 fully saturated rings. The van der Waals surface area contributed by atoms with Crippen LogP contribution in [-0.2, 0) is 22.6 Å². The lowest BCUT2D eigenvalue weighted by atomic mass is 9.97. The summed E-state index contributed by atoms with van der Waals surface area (Å²) in [6, 6.07) is 15.1. The summed E-state index contributed by atoms with van der Waals surface area (Å²) in [5.74, 6) is -0.166. The molecule has 0 radical (unpaired) electrons. The van der Waals surface area contributed by atoms with Crippen molar-refractivity contribution in [3.05, 3.63) is 87.9 Å².